The van der Waals surface area contributed by atoms with Crippen molar-refractivity contribution in [3.8, 4) is 28.5 Å². The quantitative estimate of drug-likeness (QED) is 0.143. The van der Waals surface area contributed by atoms with Crippen molar-refractivity contribution in [3.63, 3.8) is 0 Å². The highest BCUT2D eigenvalue weighted by Crippen LogP contribution is 2.42. The van der Waals surface area contributed by atoms with E-state index >= 15 is 0 Å². The Hall–Kier alpha value is -9.27. The molecule has 0 fully saturated rings. The summed E-state index contributed by atoms with van der Waals surface area (Å²) in [5.41, 5.74) is 14.2. The number of hydrogen-bond acceptors (Lipinski definition) is 7. The number of benzene rings is 9. The summed E-state index contributed by atoms with van der Waals surface area (Å²) in [7, 11) is 0. The minimum absolute atomic E-state index is 0.591. The first kappa shape index (κ1) is 38.2. The van der Waals surface area contributed by atoms with Crippen molar-refractivity contribution >= 4 is 89.0 Å². The molecule has 4 aromatic heterocycles. The molecule has 8 heteroatoms. The monoisotopic (exact) mass is 862 g/mol. The van der Waals surface area contributed by atoms with E-state index in [9.17, 15) is 0 Å². The molecule has 8 nitrogen and oxygen atoms in total. The highest BCUT2D eigenvalue weighted by Gasteiger charge is 2.20. The third-order valence-electron chi connectivity index (χ3n) is 12.5. The maximum absolute atomic E-state index is 6.75. The van der Waals surface area contributed by atoms with Crippen LogP contribution >= 0.6 is 0 Å². The van der Waals surface area contributed by atoms with Gasteiger partial charge in [-0.15, -0.1) is 0 Å². The highest BCUT2D eigenvalue weighted by atomic mass is 16.3. The van der Waals surface area contributed by atoms with Crippen LogP contribution in [0.25, 0.3) is 83.4 Å². The number of anilines is 6. The lowest BCUT2D eigenvalue weighted by atomic mass is 10.0. The van der Waals surface area contributed by atoms with E-state index in [1.807, 2.05) is 54.7 Å². The number of fused-ring (bicyclic) bond motifs is 6. The summed E-state index contributed by atoms with van der Waals surface area (Å²) < 4.78 is 15.1. The van der Waals surface area contributed by atoms with Crippen LogP contribution in [-0.2, 0) is 0 Å². The fourth-order valence-electron chi connectivity index (χ4n) is 9.30. The summed E-state index contributed by atoms with van der Waals surface area (Å²) in [4.78, 5) is 18.8. The van der Waals surface area contributed by atoms with Gasteiger partial charge in [0.15, 0.2) is 5.58 Å². The number of furan rings is 1. The molecule has 0 amide bonds. The Morgan fingerprint density at radius 1 is 0.388 bits per heavy atom. The molecule has 0 N–H and O–H groups in total. The lowest BCUT2D eigenvalue weighted by Gasteiger charge is -2.25. The normalized spacial score (nSPS) is 11.6. The summed E-state index contributed by atoms with van der Waals surface area (Å²) in [5.74, 6) is 1.48. The number of hydrogen-bond donors (Lipinski definition) is 0. The van der Waals surface area contributed by atoms with Gasteiger partial charge in [0, 0.05) is 68.3 Å². The summed E-state index contributed by atoms with van der Waals surface area (Å²) >= 11 is 0. The summed E-state index contributed by atoms with van der Waals surface area (Å²) in [5, 5.41) is 4.31. The van der Waals surface area contributed by atoms with Gasteiger partial charge in [0.2, 0.25) is 5.89 Å². The second-order valence-electron chi connectivity index (χ2n) is 16.6. The number of oxazole rings is 1. The third kappa shape index (κ3) is 6.74. The number of rotatable bonds is 9. The molecule has 0 unspecified atom stereocenters. The molecule has 13 rings (SSSR count). The van der Waals surface area contributed by atoms with Crippen LogP contribution in [0, 0.1) is 0 Å². The van der Waals surface area contributed by atoms with Crippen LogP contribution in [0.4, 0.5) is 34.1 Å². The Morgan fingerprint density at radius 3 is 1.79 bits per heavy atom. The predicted molar refractivity (Wildman–Crippen MR) is 271 cm³/mol. The Morgan fingerprint density at radius 2 is 1.01 bits per heavy atom. The first-order chi connectivity index (χ1) is 33.2. The molecule has 13 aromatic rings. The van der Waals surface area contributed by atoms with Crippen LogP contribution in [0.5, 0.6) is 0 Å². The molecule has 9 aromatic carbocycles. The summed E-state index contributed by atoms with van der Waals surface area (Å²) in [6.45, 7) is 0. The molecule has 67 heavy (non-hydrogen) atoms. The number of para-hydroxylation sites is 6. The number of nitrogens with zero attached hydrogens (tertiary/aromatic N) is 6. The SMILES string of the molecule is c1ccc(N(c2ccc(-c3nc4ccccc4n3-c3ccccc3)cc2)c2ccc3c(c2)oc2cc4cc(N(c5ccc(-c6nc7ccccc7o6)cc5)c5cccnc5)ccc4cc23)cc1. The zero-order chi connectivity index (χ0) is 44.3. The minimum atomic E-state index is 0.591. The topological polar surface area (TPSA) is 76.4 Å². The molecule has 0 aliphatic carbocycles. The smallest absolute Gasteiger partial charge is 0.227 e. The Balaban J connectivity index is 0.860. The second-order valence-corrected chi connectivity index (χ2v) is 16.6. The molecule has 0 bridgehead atoms. The first-order valence-electron chi connectivity index (χ1n) is 22.2. The number of aromatic nitrogens is 4. The predicted octanol–water partition coefficient (Wildman–Crippen LogP) is 15.9. The fraction of sp³-hybridized carbons (Fsp3) is 0. The molecule has 316 valence electrons. The zero-order valence-electron chi connectivity index (χ0n) is 35.9. The van der Waals surface area contributed by atoms with Crippen LogP contribution < -0.4 is 9.80 Å². The zero-order valence-corrected chi connectivity index (χ0v) is 35.9. The van der Waals surface area contributed by atoms with E-state index in [0.29, 0.717) is 5.89 Å². The van der Waals surface area contributed by atoms with E-state index in [1.54, 1.807) is 6.20 Å². The van der Waals surface area contributed by atoms with E-state index in [2.05, 4.69) is 189 Å². The van der Waals surface area contributed by atoms with E-state index in [1.165, 1.54) is 0 Å². The average molecular weight is 863 g/mol. The summed E-state index contributed by atoms with van der Waals surface area (Å²) in [6.07, 6.45) is 3.68. The Kier molecular flexibility index (Phi) is 8.99. The molecular weight excluding hydrogens is 825 g/mol. The van der Waals surface area contributed by atoms with E-state index in [0.717, 1.165) is 112 Å². The van der Waals surface area contributed by atoms with Crippen molar-refractivity contribution in [3.05, 3.63) is 231 Å². The van der Waals surface area contributed by atoms with Crippen LogP contribution in [0.1, 0.15) is 0 Å². The maximum atomic E-state index is 6.75. The minimum Gasteiger partial charge on any atom is -0.456 e. The van der Waals surface area contributed by atoms with E-state index in [4.69, 9.17) is 18.8 Å². The maximum Gasteiger partial charge on any atom is 0.227 e. The van der Waals surface area contributed by atoms with Gasteiger partial charge in [-0.3, -0.25) is 9.55 Å². The lowest BCUT2D eigenvalue weighted by molar-refractivity contribution is 0.620. The highest BCUT2D eigenvalue weighted by molar-refractivity contribution is 6.11. The molecule has 0 spiro atoms. The van der Waals surface area contributed by atoms with Gasteiger partial charge >= 0.3 is 0 Å². The van der Waals surface area contributed by atoms with Gasteiger partial charge in [-0.05, 0) is 156 Å². The standard InChI is InChI=1S/C59H38N6O2/c1-3-12-43(13-4-1)63(45-26-21-39(22-27-45)58-61-52-17-7-9-19-54(52)65(58)44-14-5-2-6-15-44)48-31-32-50-51-35-41-25-30-47(34-42(41)36-56(51)66-57(50)37-48)64(49-16-11-33-60-38-49)46-28-23-40(24-29-46)59-62-53-18-8-10-20-55(53)67-59/h1-38H. The first-order valence-corrected chi connectivity index (χ1v) is 22.2. The van der Waals surface area contributed by atoms with Gasteiger partial charge in [0.1, 0.15) is 22.5 Å². The van der Waals surface area contributed by atoms with Crippen molar-refractivity contribution in [1.29, 1.82) is 0 Å². The number of pyridine rings is 1. The fourth-order valence-corrected chi connectivity index (χ4v) is 9.30. The lowest BCUT2D eigenvalue weighted by Crippen LogP contribution is -2.10. The van der Waals surface area contributed by atoms with Crippen molar-refractivity contribution in [1.82, 2.24) is 19.5 Å². The van der Waals surface area contributed by atoms with Crippen LogP contribution in [-0.4, -0.2) is 19.5 Å². The van der Waals surface area contributed by atoms with Crippen molar-refractivity contribution in [2.75, 3.05) is 9.80 Å². The summed E-state index contributed by atoms with van der Waals surface area (Å²) in [6, 6.07) is 75.4. The second kappa shape index (κ2) is 15.8. The van der Waals surface area contributed by atoms with Gasteiger partial charge < -0.3 is 18.6 Å². The molecule has 0 saturated carbocycles. The van der Waals surface area contributed by atoms with E-state index < -0.39 is 0 Å². The molecular formula is C59H38N6O2. The average Bonchev–Trinajstić information content (AvgIpc) is 4.11. The molecule has 4 heterocycles. The Bertz CT molecular complexity index is 3890. The molecule has 0 radical (unpaired) electrons. The van der Waals surface area contributed by atoms with Crippen LogP contribution in [0.2, 0.25) is 0 Å². The molecule has 0 aliphatic heterocycles. The largest absolute Gasteiger partial charge is 0.456 e. The van der Waals surface area contributed by atoms with Crippen molar-refractivity contribution in [2.45, 2.75) is 0 Å². The van der Waals surface area contributed by atoms with Gasteiger partial charge in [0.05, 0.1) is 22.9 Å². The number of imidazole rings is 1. The van der Waals surface area contributed by atoms with Gasteiger partial charge in [-0.1, -0.05) is 66.7 Å². The Labute approximate surface area is 384 Å². The van der Waals surface area contributed by atoms with Crippen LogP contribution in [0.15, 0.2) is 240 Å². The van der Waals surface area contributed by atoms with E-state index in [-0.39, 0.29) is 0 Å². The van der Waals surface area contributed by atoms with Gasteiger partial charge in [-0.2, -0.15) is 0 Å². The van der Waals surface area contributed by atoms with Gasteiger partial charge in [0.25, 0.3) is 0 Å². The third-order valence-corrected chi connectivity index (χ3v) is 12.5. The van der Waals surface area contributed by atoms with Crippen LogP contribution in [0.3, 0.4) is 0 Å². The molecule has 0 atom stereocenters. The van der Waals surface area contributed by atoms with Gasteiger partial charge in [-0.25, -0.2) is 9.97 Å². The van der Waals surface area contributed by atoms with Crippen molar-refractivity contribution < 1.29 is 8.83 Å². The molecule has 0 saturated heterocycles. The molecule has 0 aliphatic rings. The van der Waals surface area contributed by atoms with Crippen molar-refractivity contribution in [2.24, 2.45) is 0 Å².